The van der Waals surface area contributed by atoms with Gasteiger partial charge >= 0.3 is 5.97 Å². The van der Waals surface area contributed by atoms with Gasteiger partial charge in [0.1, 0.15) is 0 Å². The Balaban J connectivity index is 3.39. The van der Waals surface area contributed by atoms with Crippen molar-refractivity contribution in [3.05, 3.63) is 0 Å². The number of aliphatic hydroxyl groups excluding tert-OH is 2. The van der Waals surface area contributed by atoms with E-state index in [4.69, 9.17) is 4.74 Å². The van der Waals surface area contributed by atoms with Crippen LogP contribution < -0.4 is 5.32 Å². The lowest BCUT2D eigenvalue weighted by Crippen LogP contribution is -2.45. The molecule has 0 heterocycles. The molecule has 0 aromatic carbocycles. The largest absolute Gasteiger partial charge is 0.466 e. The molecular formula is C49H97NO5. The Labute approximate surface area is 343 Å². The molecule has 6 heteroatoms. The lowest BCUT2D eigenvalue weighted by Gasteiger charge is -2.22. The first-order chi connectivity index (χ1) is 27.0. The monoisotopic (exact) mass is 780 g/mol. The molecule has 0 aromatic rings. The Kier molecular flexibility index (Phi) is 44.6. The fraction of sp³-hybridized carbons (Fsp3) is 0.959. The van der Waals surface area contributed by atoms with Gasteiger partial charge in [0.2, 0.25) is 5.91 Å². The molecular weight excluding hydrogens is 683 g/mol. The van der Waals surface area contributed by atoms with Crippen molar-refractivity contribution in [3.8, 4) is 0 Å². The summed E-state index contributed by atoms with van der Waals surface area (Å²) >= 11 is 0. The average Bonchev–Trinajstić information content (AvgIpc) is 3.18. The summed E-state index contributed by atoms with van der Waals surface area (Å²) in [5.74, 6) is -0.0386. The van der Waals surface area contributed by atoms with Crippen LogP contribution in [0.25, 0.3) is 0 Å². The highest BCUT2D eigenvalue weighted by Gasteiger charge is 2.20. The molecule has 3 N–H and O–H groups in total. The number of nitrogens with one attached hydrogen (secondary N) is 1. The van der Waals surface area contributed by atoms with E-state index in [9.17, 15) is 19.8 Å². The van der Waals surface area contributed by atoms with Gasteiger partial charge < -0.3 is 20.3 Å². The van der Waals surface area contributed by atoms with Crippen LogP contribution in [0.4, 0.5) is 0 Å². The molecule has 6 nitrogen and oxygen atoms in total. The van der Waals surface area contributed by atoms with Gasteiger partial charge in [-0.3, -0.25) is 9.59 Å². The molecule has 0 aliphatic rings. The molecule has 2 unspecified atom stereocenters. The maximum absolute atomic E-state index is 12.4. The van der Waals surface area contributed by atoms with Crippen LogP contribution in [0.3, 0.4) is 0 Å². The van der Waals surface area contributed by atoms with Crippen LogP contribution >= 0.6 is 0 Å². The predicted molar refractivity (Wildman–Crippen MR) is 237 cm³/mol. The summed E-state index contributed by atoms with van der Waals surface area (Å²) < 4.78 is 5.45. The third-order valence-electron chi connectivity index (χ3n) is 11.7. The van der Waals surface area contributed by atoms with Crippen molar-refractivity contribution in [2.75, 3.05) is 13.2 Å². The topological polar surface area (TPSA) is 95.9 Å². The summed E-state index contributed by atoms with van der Waals surface area (Å²) in [4.78, 5) is 24.4. The molecule has 0 spiro atoms. The zero-order valence-corrected chi connectivity index (χ0v) is 37.2. The van der Waals surface area contributed by atoms with E-state index >= 15 is 0 Å². The van der Waals surface area contributed by atoms with Crippen LogP contribution in [0, 0.1) is 0 Å². The molecule has 0 aromatic heterocycles. The third-order valence-corrected chi connectivity index (χ3v) is 11.7. The average molecular weight is 780 g/mol. The van der Waals surface area contributed by atoms with Crippen molar-refractivity contribution in [1.82, 2.24) is 5.32 Å². The number of hydrogen-bond acceptors (Lipinski definition) is 5. The second kappa shape index (κ2) is 45.6. The molecule has 0 bridgehead atoms. The van der Waals surface area contributed by atoms with Gasteiger partial charge in [-0.25, -0.2) is 0 Å². The maximum Gasteiger partial charge on any atom is 0.305 e. The normalized spacial score (nSPS) is 12.6. The number of rotatable bonds is 46. The summed E-state index contributed by atoms with van der Waals surface area (Å²) in [7, 11) is 0. The quantitative estimate of drug-likeness (QED) is 0.0422. The number of ether oxygens (including phenoxy) is 1. The highest BCUT2D eigenvalue weighted by Crippen LogP contribution is 2.17. The van der Waals surface area contributed by atoms with Gasteiger partial charge in [0.25, 0.3) is 0 Å². The number of carbonyl (C=O) groups excluding carboxylic acids is 2. The van der Waals surface area contributed by atoms with E-state index in [-0.39, 0.29) is 18.5 Å². The van der Waals surface area contributed by atoms with Crippen molar-refractivity contribution in [2.45, 2.75) is 289 Å². The van der Waals surface area contributed by atoms with Crippen molar-refractivity contribution in [2.24, 2.45) is 0 Å². The Bertz CT molecular complexity index is 776. The van der Waals surface area contributed by atoms with Gasteiger partial charge in [0, 0.05) is 12.8 Å². The first-order valence-corrected chi connectivity index (χ1v) is 24.8. The van der Waals surface area contributed by atoms with Crippen LogP contribution in [-0.4, -0.2) is 47.4 Å². The maximum atomic E-state index is 12.4. The van der Waals surface area contributed by atoms with E-state index < -0.39 is 12.1 Å². The Morgan fingerprint density at radius 3 is 1.11 bits per heavy atom. The SMILES string of the molecule is CCCCCCCCCCCCCCC(=O)OCCCCCCCCCCCCCCCCCCC(=O)NC(CO)C(O)CCCCCCCCCCCC. The first kappa shape index (κ1) is 53.9. The predicted octanol–water partition coefficient (Wildman–Crippen LogP) is 14.4. The van der Waals surface area contributed by atoms with Gasteiger partial charge in [0.15, 0.2) is 0 Å². The molecule has 55 heavy (non-hydrogen) atoms. The van der Waals surface area contributed by atoms with Gasteiger partial charge in [-0.05, 0) is 25.7 Å². The van der Waals surface area contributed by atoms with Gasteiger partial charge in [-0.1, -0.05) is 239 Å². The van der Waals surface area contributed by atoms with E-state index in [1.807, 2.05) is 0 Å². The Morgan fingerprint density at radius 2 is 0.745 bits per heavy atom. The Hall–Kier alpha value is -1.14. The zero-order chi connectivity index (χ0) is 40.1. The van der Waals surface area contributed by atoms with Crippen LogP contribution in [0.5, 0.6) is 0 Å². The number of amides is 1. The van der Waals surface area contributed by atoms with Crippen molar-refractivity contribution in [1.29, 1.82) is 0 Å². The van der Waals surface area contributed by atoms with Crippen molar-refractivity contribution < 1.29 is 24.5 Å². The van der Waals surface area contributed by atoms with Crippen LogP contribution in [0.15, 0.2) is 0 Å². The fourth-order valence-corrected chi connectivity index (χ4v) is 7.82. The number of aliphatic hydroxyl groups is 2. The summed E-state index contributed by atoms with van der Waals surface area (Å²) in [6.07, 6.45) is 49.2. The van der Waals surface area contributed by atoms with Crippen LogP contribution in [-0.2, 0) is 14.3 Å². The smallest absolute Gasteiger partial charge is 0.305 e. The zero-order valence-electron chi connectivity index (χ0n) is 37.2. The summed E-state index contributed by atoms with van der Waals surface area (Å²) in [6.45, 7) is 4.93. The number of hydrogen-bond donors (Lipinski definition) is 3. The molecule has 328 valence electrons. The van der Waals surface area contributed by atoms with Crippen molar-refractivity contribution >= 4 is 11.9 Å². The highest BCUT2D eigenvalue weighted by molar-refractivity contribution is 5.76. The molecule has 0 rings (SSSR count). The minimum atomic E-state index is -0.665. The van der Waals surface area contributed by atoms with Crippen LogP contribution in [0.1, 0.15) is 277 Å². The third kappa shape index (κ3) is 42.3. The fourth-order valence-electron chi connectivity index (χ4n) is 7.82. The molecule has 0 saturated heterocycles. The van der Waals surface area contributed by atoms with E-state index in [1.54, 1.807) is 0 Å². The summed E-state index contributed by atoms with van der Waals surface area (Å²) in [6, 6.07) is -0.543. The van der Waals surface area contributed by atoms with Crippen LogP contribution in [0.2, 0.25) is 0 Å². The van der Waals surface area contributed by atoms with Gasteiger partial charge in [-0.2, -0.15) is 0 Å². The second-order valence-electron chi connectivity index (χ2n) is 17.2. The van der Waals surface area contributed by atoms with Crippen molar-refractivity contribution in [3.63, 3.8) is 0 Å². The standard InChI is InChI=1S/C49H97NO5/c1-3-5-7-9-11-13-15-23-27-31-35-39-43-49(54)55-44-40-36-32-28-24-21-19-17-16-18-20-22-26-30-34-38-42-48(53)50-46(45-51)47(52)41-37-33-29-25-14-12-10-8-6-4-2/h46-47,51-52H,3-45H2,1-2H3,(H,50,53). The first-order valence-electron chi connectivity index (χ1n) is 24.8. The lowest BCUT2D eigenvalue weighted by molar-refractivity contribution is -0.143. The van der Waals surface area contributed by atoms with E-state index in [2.05, 4.69) is 19.2 Å². The lowest BCUT2D eigenvalue weighted by atomic mass is 10.0. The van der Waals surface area contributed by atoms with Gasteiger partial charge in [-0.15, -0.1) is 0 Å². The van der Waals surface area contributed by atoms with E-state index in [1.165, 1.54) is 199 Å². The summed E-state index contributed by atoms with van der Waals surface area (Å²) in [5.41, 5.74) is 0. The molecule has 0 aliphatic heterocycles. The molecule has 0 aliphatic carbocycles. The minimum absolute atomic E-state index is 0.00395. The second-order valence-corrected chi connectivity index (χ2v) is 17.2. The number of esters is 1. The highest BCUT2D eigenvalue weighted by atomic mass is 16.5. The minimum Gasteiger partial charge on any atom is -0.466 e. The van der Waals surface area contributed by atoms with Gasteiger partial charge in [0.05, 0.1) is 25.4 Å². The van der Waals surface area contributed by atoms with E-state index in [0.717, 1.165) is 44.9 Å². The molecule has 0 fully saturated rings. The Morgan fingerprint density at radius 1 is 0.436 bits per heavy atom. The number of unbranched alkanes of at least 4 members (excludes halogenated alkanes) is 35. The van der Waals surface area contributed by atoms with E-state index in [0.29, 0.717) is 25.9 Å². The molecule has 0 saturated carbocycles. The summed E-state index contributed by atoms with van der Waals surface area (Å²) in [5, 5.41) is 23.1. The molecule has 2 atom stereocenters. The molecule has 0 radical (unpaired) electrons. The molecule has 1 amide bonds. The number of carbonyl (C=O) groups is 2.